The summed E-state index contributed by atoms with van der Waals surface area (Å²) < 4.78 is 214. The van der Waals surface area contributed by atoms with E-state index in [1.165, 1.54) is 6.92 Å². The fraction of sp³-hybridized carbons (Fsp3) is 0.130. The van der Waals surface area contributed by atoms with Crippen LogP contribution in [-0.2, 0) is 0 Å². The molecule has 3 aromatic carbocycles. The summed E-state index contributed by atoms with van der Waals surface area (Å²) in [7, 11) is 0. The molecular formula is C23H8BF15. The van der Waals surface area contributed by atoms with Gasteiger partial charge in [0.2, 0.25) is 5.82 Å². The largest absolute Gasteiger partial charge is 0.257 e. The third-order valence-electron chi connectivity index (χ3n) is 5.53. The molecule has 0 radical (unpaired) electrons. The van der Waals surface area contributed by atoms with Crippen LogP contribution in [0.2, 0.25) is 0 Å². The maximum absolute atomic E-state index is 14.9. The van der Waals surface area contributed by atoms with Crippen LogP contribution in [0, 0.1) is 87.3 Å². The van der Waals surface area contributed by atoms with E-state index in [2.05, 4.69) is 0 Å². The molecule has 0 saturated heterocycles. The van der Waals surface area contributed by atoms with Gasteiger partial charge in [0.15, 0.2) is 81.4 Å². The summed E-state index contributed by atoms with van der Waals surface area (Å²) in [5.41, 5.74) is -8.80. The first kappa shape index (κ1) is 30.0. The van der Waals surface area contributed by atoms with Gasteiger partial charge in [0.05, 0.1) is 0 Å². The number of rotatable bonds is 6. The van der Waals surface area contributed by atoms with Crippen molar-refractivity contribution in [3.05, 3.63) is 98.9 Å². The second-order valence-electron chi connectivity index (χ2n) is 7.79. The van der Waals surface area contributed by atoms with Crippen LogP contribution >= 0.6 is 0 Å². The maximum Gasteiger partial charge on any atom is 0.257 e. The SMILES string of the molecule is CCC/C=C(/B(c1c(F)c(F)c(F)c(F)c1F)c1c(F)c(F)c(F)c(F)c1F)c1c(F)c(F)c(F)c(F)c1F. The highest BCUT2D eigenvalue weighted by atomic mass is 19.2. The molecule has 0 bridgehead atoms. The van der Waals surface area contributed by atoms with Crippen molar-refractivity contribution in [2.24, 2.45) is 0 Å². The van der Waals surface area contributed by atoms with Crippen LogP contribution in [0.25, 0.3) is 5.47 Å². The van der Waals surface area contributed by atoms with Gasteiger partial charge in [-0.1, -0.05) is 24.9 Å². The molecule has 0 fully saturated rings. The number of halogens is 15. The molecule has 0 aromatic heterocycles. The minimum atomic E-state index is -3.54. The van der Waals surface area contributed by atoms with Crippen LogP contribution < -0.4 is 10.9 Å². The Hall–Kier alpha value is -3.59. The first-order chi connectivity index (χ1) is 18.1. The average Bonchev–Trinajstić information content (AvgIpc) is 2.91. The van der Waals surface area contributed by atoms with Gasteiger partial charge in [-0.15, -0.1) is 0 Å². The summed E-state index contributed by atoms with van der Waals surface area (Å²) in [5, 5.41) is 0. The van der Waals surface area contributed by atoms with E-state index >= 15 is 0 Å². The molecule has 39 heavy (non-hydrogen) atoms. The third kappa shape index (κ3) is 4.63. The normalized spacial score (nSPS) is 11.9. The number of benzene rings is 3. The lowest BCUT2D eigenvalue weighted by molar-refractivity contribution is 0.376. The van der Waals surface area contributed by atoms with Crippen LogP contribution in [0.15, 0.2) is 6.08 Å². The average molecular weight is 580 g/mol. The number of hydrogen-bond acceptors (Lipinski definition) is 0. The maximum atomic E-state index is 14.9. The Morgan fingerprint density at radius 3 is 0.974 bits per heavy atom. The lowest BCUT2D eigenvalue weighted by Crippen LogP contribution is -2.52. The van der Waals surface area contributed by atoms with Gasteiger partial charge in [-0.3, -0.25) is 0 Å². The van der Waals surface area contributed by atoms with Gasteiger partial charge >= 0.3 is 0 Å². The summed E-state index contributed by atoms with van der Waals surface area (Å²) in [5.74, 6) is -42.8. The molecule has 3 aromatic rings. The summed E-state index contributed by atoms with van der Waals surface area (Å²) in [6.07, 6.45) is -0.436. The monoisotopic (exact) mass is 580 g/mol. The van der Waals surface area contributed by atoms with Crippen LogP contribution in [0.3, 0.4) is 0 Å². The molecule has 0 aliphatic carbocycles. The molecule has 0 amide bonds. The molecule has 0 nitrogen and oxygen atoms in total. The molecule has 0 aliphatic rings. The molecule has 0 spiro atoms. The standard InChI is InChI=1S/C23H8BF15/c1-2-3-4-5(6-9(25)15(31)21(37)16(32)10(6)26)24(7-11(27)17(33)22(38)18(34)12(7)28)8-13(29)19(35)23(39)20(36)14(8)30/h4H,2-3H2,1H3/b5-4+. The minimum absolute atomic E-state index is 0.153. The predicted molar refractivity (Wildman–Crippen MR) is 107 cm³/mol. The zero-order valence-corrected chi connectivity index (χ0v) is 18.7. The van der Waals surface area contributed by atoms with Crippen LogP contribution in [0.5, 0.6) is 0 Å². The first-order valence-corrected chi connectivity index (χ1v) is 10.4. The highest BCUT2D eigenvalue weighted by Gasteiger charge is 2.44. The van der Waals surface area contributed by atoms with Crippen LogP contribution in [0.1, 0.15) is 25.3 Å². The Balaban J connectivity index is 2.69. The predicted octanol–water partition coefficient (Wildman–Crippen LogP) is 6.81. The van der Waals surface area contributed by atoms with Crippen molar-refractivity contribution < 1.29 is 65.9 Å². The van der Waals surface area contributed by atoms with Gasteiger partial charge in [-0.25, -0.2) is 65.9 Å². The molecular weight excluding hydrogens is 572 g/mol. The summed E-state index contributed by atoms with van der Waals surface area (Å²) in [4.78, 5) is 0. The lowest BCUT2D eigenvalue weighted by atomic mass is 9.34. The smallest absolute Gasteiger partial charge is 0.204 e. The van der Waals surface area contributed by atoms with E-state index in [9.17, 15) is 65.9 Å². The van der Waals surface area contributed by atoms with Gasteiger partial charge in [0.25, 0.3) is 6.71 Å². The second kappa shape index (κ2) is 10.9. The molecule has 0 unspecified atom stereocenters. The van der Waals surface area contributed by atoms with Crippen molar-refractivity contribution in [3.63, 3.8) is 0 Å². The van der Waals surface area contributed by atoms with E-state index in [1.54, 1.807) is 0 Å². The fourth-order valence-electron chi connectivity index (χ4n) is 3.73. The molecule has 0 N–H and O–H groups in total. The van der Waals surface area contributed by atoms with Crippen molar-refractivity contribution in [3.8, 4) is 0 Å². The van der Waals surface area contributed by atoms with Gasteiger partial charge in [-0.05, 0) is 6.42 Å². The van der Waals surface area contributed by atoms with E-state index in [0.717, 1.165) is 0 Å². The topological polar surface area (TPSA) is 0 Å². The van der Waals surface area contributed by atoms with Gasteiger partial charge in [-0.2, -0.15) is 0 Å². The Bertz CT molecular complexity index is 1370. The lowest BCUT2D eigenvalue weighted by Gasteiger charge is -2.23. The molecule has 0 aliphatic heterocycles. The number of unbranched alkanes of at least 4 members (excludes halogenated alkanes) is 1. The first-order valence-electron chi connectivity index (χ1n) is 10.4. The van der Waals surface area contributed by atoms with Crippen LogP contribution in [-0.4, -0.2) is 6.71 Å². The van der Waals surface area contributed by atoms with E-state index in [4.69, 9.17) is 0 Å². The zero-order chi connectivity index (χ0) is 29.7. The van der Waals surface area contributed by atoms with E-state index in [0.29, 0.717) is 6.08 Å². The molecule has 208 valence electrons. The number of hydrogen-bond donors (Lipinski definition) is 0. The summed E-state index contributed by atoms with van der Waals surface area (Å²) in [6, 6.07) is 0. The van der Waals surface area contributed by atoms with E-state index in [1.807, 2.05) is 0 Å². The molecule has 16 heteroatoms. The second-order valence-corrected chi connectivity index (χ2v) is 7.79. The van der Waals surface area contributed by atoms with Gasteiger partial charge in [0, 0.05) is 16.5 Å². The third-order valence-corrected chi connectivity index (χ3v) is 5.53. The Kier molecular flexibility index (Phi) is 8.36. The van der Waals surface area contributed by atoms with Crippen molar-refractivity contribution in [2.45, 2.75) is 19.8 Å². The summed E-state index contributed by atoms with van der Waals surface area (Å²) >= 11 is 0. The molecule has 3 rings (SSSR count). The molecule has 0 atom stereocenters. The molecule has 0 saturated carbocycles. The van der Waals surface area contributed by atoms with Crippen molar-refractivity contribution >= 4 is 23.1 Å². The minimum Gasteiger partial charge on any atom is -0.204 e. The Labute approximate surface area is 208 Å². The quantitative estimate of drug-likeness (QED) is 0.130. The van der Waals surface area contributed by atoms with Crippen molar-refractivity contribution in [2.75, 3.05) is 0 Å². The van der Waals surface area contributed by atoms with E-state index in [-0.39, 0.29) is 6.42 Å². The van der Waals surface area contributed by atoms with Gasteiger partial charge in [0.1, 0.15) is 0 Å². The van der Waals surface area contributed by atoms with Crippen molar-refractivity contribution in [1.29, 1.82) is 0 Å². The van der Waals surface area contributed by atoms with Crippen LogP contribution in [0.4, 0.5) is 65.9 Å². The Morgan fingerprint density at radius 2 is 0.692 bits per heavy atom. The van der Waals surface area contributed by atoms with E-state index < -0.39 is 122 Å². The van der Waals surface area contributed by atoms with Crippen molar-refractivity contribution in [1.82, 2.24) is 0 Å². The zero-order valence-electron chi connectivity index (χ0n) is 18.7. The van der Waals surface area contributed by atoms with Gasteiger partial charge < -0.3 is 0 Å². The highest BCUT2D eigenvalue weighted by Crippen LogP contribution is 2.33. The fourth-order valence-corrected chi connectivity index (χ4v) is 3.73. The summed E-state index contributed by atoms with van der Waals surface area (Å²) in [6.45, 7) is -2.27. The molecule has 0 heterocycles. The number of allylic oxidation sites excluding steroid dienone is 1. The highest BCUT2D eigenvalue weighted by molar-refractivity contribution is 6.99. The Morgan fingerprint density at radius 1 is 0.436 bits per heavy atom.